The van der Waals surface area contributed by atoms with E-state index in [1.54, 1.807) is 12.1 Å². The van der Waals surface area contributed by atoms with E-state index in [1.807, 2.05) is 0 Å². The lowest BCUT2D eigenvalue weighted by Crippen LogP contribution is -2.28. The van der Waals surface area contributed by atoms with Gasteiger partial charge in [-0.2, -0.15) is 0 Å². The van der Waals surface area contributed by atoms with Gasteiger partial charge < -0.3 is 0 Å². The van der Waals surface area contributed by atoms with Gasteiger partial charge in [0.05, 0.1) is 14.5 Å². The highest BCUT2D eigenvalue weighted by Crippen LogP contribution is 2.52. The lowest BCUT2D eigenvalue weighted by Gasteiger charge is -2.35. The summed E-state index contributed by atoms with van der Waals surface area (Å²) in [5.41, 5.74) is 0.355. The van der Waals surface area contributed by atoms with Crippen molar-refractivity contribution in [2.45, 2.75) is 14.5 Å². The molecule has 0 nitrogen and oxygen atoms in total. The SMILES string of the molecule is Fc1c(F)c(F)c(SCC(Sc2c(F)c(F)c(F)c(F)c2F)(c2ccccc2)c2ccccc2)c(F)c1F. The van der Waals surface area contributed by atoms with Crippen molar-refractivity contribution < 1.29 is 43.9 Å². The van der Waals surface area contributed by atoms with Crippen molar-refractivity contribution in [3.05, 3.63) is 130 Å². The fourth-order valence-corrected chi connectivity index (χ4v) is 6.37. The summed E-state index contributed by atoms with van der Waals surface area (Å²) in [5.74, 6) is -22.8. The third-order valence-corrected chi connectivity index (χ3v) is 8.45. The Morgan fingerprint density at radius 1 is 0.421 bits per heavy atom. The van der Waals surface area contributed by atoms with Crippen molar-refractivity contribution in [3.8, 4) is 0 Å². The molecule has 0 heterocycles. The molecule has 38 heavy (non-hydrogen) atoms. The maximum Gasteiger partial charge on any atom is 0.200 e. The third kappa shape index (κ3) is 4.75. The predicted molar refractivity (Wildman–Crippen MR) is 123 cm³/mol. The van der Waals surface area contributed by atoms with Gasteiger partial charge in [-0.1, -0.05) is 60.7 Å². The molecule has 0 fully saturated rings. The predicted octanol–water partition coefficient (Wildman–Crippen LogP) is 8.91. The molecule has 4 rings (SSSR count). The summed E-state index contributed by atoms with van der Waals surface area (Å²) in [5, 5.41) is 0. The first kappa shape index (κ1) is 27.9. The van der Waals surface area contributed by atoms with Crippen LogP contribution in [0.5, 0.6) is 0 Å². The molecule has 0 bridgehead atoms. The van der Waals surface area contributed by atoms with Gasteiger partial charge in [0.2, 0.25) is 11.6 Å². The highest BCUT2D eigenvalue weighted by atomic mass is 32.2. The Labute approximate surface area is 217 Å². The zero-order chi connectivity index (χ0) is 27.8. The van der Waals surface area contributed by atoms with Gasteiger partial charge in [-0.3, -0.25) is 0 Å². The van der Waals surface area contributed by atoms with E-state index in [0.717, 1.165) is 0 Å². The molecule has 0 amide bonds. The maximum atomic E-state index is 14.8. The smallest absolute Gasteiger partial charge is 0.200 e. The van der Waals surface area contributed by atoms with Crippen LogP contribution in [0.1, 0.15) is 11.1 Å². The van der Waals surface area contributed by atoms with Crippen molar-refractivity contribution in [1.82, 2.24) is 0 Å². The highest BCUT2D eigenvalue weighted by molar-refractivity contribution is 8.03. The molecule has 0 aromatic heterocycles. The molecule has 4 aromatic rings. The fraction of sp³-hybridized carbons (Fsp3) is 0.0769. The van der Waals surface area contributed by atoms with Gasteiger partial charge in [0, 0.05) is 5.75 Å². The molecular formula is C26H12F10S2. The molecule has 0 spiro atoms. The normalized spacial score (nSPS) is 11.7. The minimum atomic E-state index is -2.38. The number of hydrogen-bond donors (Lipinski definition) is 0. The molecule has 0 aliphatic heterocycles. The van der Waals surface area contributed by atoms with Crippen LogP contribution in [0.15, 0.2) is 70.5 Å². The summed E-state index contributed by atoms with van der Waals surface area (Å²) in [6.45, 7) is 0. The number of benzene rings is 4. The van der Waals surface area contributed by atoms with E-state index in [2.05, 4.69) is 0 Å². The first-order valence-electron chi connectivity index (χ1n) is 10.5. The highest BCUT2D eigenvalue weighted by Gasteiger charge is 2.40. The second kappa shape index (κ2) is 10.9. The monoisotopic (exact) mass is 578 g/mol. The van der Waals surface area contributed by atoms with Crippen LogP contribution >= 0.6 is 23.5 Å². The second-order valence-electron chi connectivity index (χ2n) is 7.75. The van der Waals surface area contributed by atoms with E-state index in [0.29, 0.717) is 0 Å². The zero-order valence-electron chi connectivity index (χ0n) is 18.6. The number of hydrogen-bond acceptors (Lipinski definition) is 2. The van der Waals surface area contributed by atoms with Crippen LogP contribution in [0.3, 0.4) is 0 Å². The lowest BCUT2D eigenvalue weighted by atomic mass is 9.92. The van der Waals surface area contributed by atoms with Gasteiger partial charge in [0.25, 0.3) is 0 Å². The fourth-order valence-electron chi connectivity index (χ4n) is 3.63. The molecule has 0 saturated heterocycles. The van der Waals surface area contributed by atoms with Gasteiger partial charge in [0.1, 0.15) is 0 Å². The maximum absolute atomic E-state index is 14.8. The molecule has 0 aliphatic rings. The second-order valence-corrected chi connectivity index (χ2v) is 10.0. The van der Waals surface area contributed by atoms with Crippen LogP contribution in [-0.4, -0.2) is 5.75 Å². The standard InChI is InChI=1S/C26H12F10S2/c27-14-16(29)20(33)24(21(34)17(14)30)37-11-26(12-7-3-1-4-8-12,13-9-5-2-6-10-13)38-25-22(35)18(31)15(28)19(32)23(25)36/h1-10H,11H2. The summed E-state index contributed by atoms with van der Waals surface area (Å²) in [4.78, 5) is -2.58. The minimum absolute atomic E-state index is 0.126. The first-order valence-corrected chi connectivity index (χ1v) is 12.3. The van der Waals surface area contributed by atoms with Gasteiger partial charge in [-0.25, -0.2) is 43.9 Å². The molecule has 12 heteroatoms. The van der Waals surface area contributed by atoms with Crippen LogP contribution in [0.2, 0.25) is 0 Å². The van der Waals surface area contributed by atoms with E-state index in [4.69, 9.17) is 0 Å². The Bertz CT molecular complexity index is 1400. The van der Waals surface area contributed by atoms with Gasteiger partial charge in [0.15, 0.2) is 46.5 Å². The van der Waals surface area contributed by atoms with Gasteiger partial charge in [-0.15, -0.1) is 23.5 Å². The van der Waals surface area contributed by atoms with Crippen molar-refractivity contribution in [3.63, 3.8) is 0 Å². The Morgan fingerprint density at radius 3 is 1.11 bits per heavy atom. The van der Waals surface area contributed by atoms with Crippen molar-refractivity contribution >= 4 is 23.5 Å². The third-order valence-electron chi connectivity index (χ3n) is 5.52. The molecule has 0 aliphatic carbocycles. The summed E-state index contributed by atoms with van der Waals surface area (Å²) in [7, 11) is 0. The number of rotatable bonds is 7. The molecule has 0 N–H and O–H groups in total. The molecule has 4 aromatic carbocycles. The largest absolute Gasteiger partial charge is 0.202 e. The van der Waals surface area contributed by atoms with E-state index in [-0.39, 0.29) is 34.7 Å². The van der Waals surface area contributed by atoms with E-state index >= 15 is 0 Å². The minimum Gasteiger partial charge on any atom is -0.202 e. The van der Waals surface area contributed by atoms with Crippen molar-refractivity contribution in [2.24, 2.45) is 0 Å². The average Bonchev–Trinajstić information content (AvgIpc) is 2.95. The summed E-state index contributed by atoms with van der Waals surface area (Å²) in [6.07, 6.45) is 0. The quantitative estimate of drug-likeness (QED) is 0.0930. The van der Waals surface area contributed by atoms with E-state index in [9.17, 15) is 43.9 Å². The summed E-state index contributed by atoms with van der Waals surface area (Å²) >= 11 is 0.277. The molecule has 0 saturated carbocycles. The van der Waals surface area contributed by atoms with E-state index in [1.165, 1.54) is 48.5 Å². The average molecular weight is 578 g/mol. The Morgan fingerprint density at radius 2 is 0.737 bits per heavy atom. The molecular weight excluding hydrogens is 566 g/mol. The van der Waals surface area contributed by atoms with Gasteiger partial charge >= 0.3 is 0 Å². The van der Waals surface area contributed by atoms with Gasteiger partial charge in [-0.05, 0) is 11.1 Å². The summed E-state index contributed by atoms with van der Waals surface area (Å²) < 4.78 is 140. The number of thioether (sulfide) groups is 2. The first-order chi connectivity index (χ1) is 18.0. The summed E-state index contributed by atoms with van der Waals surface area (Å²) in [6, 6.07) is 14.7. The van der Waals surface area contributed by atoms with Crippen LogP contribution in [0, 0.1) is 58.2 Å². The molecule has 198 valence electrons. The van der Waals surface area contributed by atoms with Crippen molar-refractivity contribution in [2.75, 3.05) is 5.75 Å². The van der Waals surface area contributed by atoms with Crippen LogP contribution in [0.4, 0.5) is 43.9 Å². The number of halogens is 10. The Balaban J connectivity index is 1.97. The topological polar surface area (TPSA) is 0 Å². The lowest BCUT2D eigenvalue weighted by molar-refractivity contribution is 0.360. The molecule has 0 unspecified atom stereocenters. The van der Waals surface area contributed by atoms with Crippen LogP contribution in [0.25, 0.3) is 0 Å². The molecule has 0 radical (unpaired) electrons. The molecule has 0 atom stereocenters. The Hall–Kier alpha value is -3.12. The van der Waals surface area contributed by atoms with Crippen LogP contribution in [-0.2, 0) is 4.75 Å². The van der Waals surface area contributed by atoms with Crippen molar-refractivity contribution in [1.29, 1.82) is 0 Å². The zero-order valence-corrected chi connectivity index (χ0v) is 20.2. The van der Waals surface area contributed by atoms with Crippen LogP contribution < -0.4 is 0 Å². The van der Waals surface area contributed by atoms with E-state index < -0.39 is 78.5 Å². The Kier molecular flexibility index (Phi) is 8.03.